The molecule has 1 aromatic rings. The molecule has 0 saturated carbocycles. The maximum Gasteiger partial charge on any atom is 0.128 e. The summed E-state index contributed by atoms with van der Waals surface area (Å²) in [5, 5.41) is 8.16. The smallest absolute Gasteiger partial charge is 0.128 e. The van der Waals surface area contributed by atoms with Crippen LogP contribution in [0.1, 0.15) is 65.5 Å². The number of rotatable bonds is 10. The van der Waals surface area contributed by atoms with Crippen LogP contribution < -0.4 is 5.32 Å². The number of nitrogens with one attached hydrogen (secondary N) is 1. The fourth-order valence-electron chi connectivity index (χ4n) is 2.40. The fourth-order valence-corrected chi connectivity index (χ4v) is 2.40. The topological polar surface area (TPSA) is 29.9 Å². The first-order valence-electron chi connectivity index (χ1n) is 8.71. The molecule has 0 bridgehead atoms. The van der Waals surface area contributed by atoms with Crippen LogP contribution in [0.3, 0.4) is 0 Å². The molecule has 124 valence electrons. The molecule has 0 aliphatic heterocycles. The lowest BCUT2D eigenvalue weighted by Crippen LogP contribution is -2.30. The molecule has 0 fully saturated rings. The van der Waals surface area contributed by atoms with E-state index in [0.29, 0.717) is 12.0 Å². The zero-order chi connectivity index (χ0) is 16.5. The van der Waals surface area contributed by atoms with Gasteiger partial charge in [0.1, 0.15) is 5.82 Å². The van der Waals surface area contributed by atoms with Crippen molar-refractivity contribution in [2.45, 2.75) is 72.8 Å². The molecular formula is C19H33N3. The molecule has 0 saturated heterocycles. The average molecular weight is 303 g/mol. The van der Waals surface area contributed by atoms with Gasteiger partial charge in [-0.2, -0.15) is 5.10 Å². The largest absolute Gasteiger partial charge is 0.367 e. The van der Waals surface area contributed by atoms with Gasteiger partial charge in [-0.15, -0.1) is 0 Å². The van der Waals surface area contributed by atoms with Crippen LogP contribution in [0.25, 0.3) is 5.82 Å². The number of allylic oxidation sites excluding steroid dienone is 2. The molecule has 0 spiro atoms. The van der Waals surface area contributed by atoms with E-state index >= 15 is 0 Å². The van der Waals surface area contributed by atoms with Gasteiger partial charge in [-0.1, -0.05) is 47.1 Å². The van der Waals surface area contributed by atoms with E-state index in [-0.39, 0.29) is 0 Å². The lowest BCUT2D eigenvalue weighted by Gasteiger charge is -2.22. The highest BCUT2D eigenvalue weighted by molar-refractivity contribution is 5.49. The van der Waals surface area contributed by atoms with Gasteiger partial charge < -0.3 is 5.32 Å². The van der Waals surface area contributed by atoms with Crippen LogP contribution >= 0.6 is 0 Å². The van der Waals surface area contributed by atoms with Crippen molar-refractivity contribution in [1.82, 2.24) is 15.1 Å². The van der Waals surface area contributed by atoms with Crippen LogP contribution in [0.5, 0.6) is 0 Å². The van der Waals surface area contributed by atoms with Gasteiger partial charge in [0.2, 0.25) is 0 Å². The highest BCUT2D eigenvalue weighted by Gasteiger charge is 2.12. The molecule has 2 unspecified atom stereocenters. The maximum atomic E-state index is 4.47. The summed E-state index contributed by atoms with van der Waals surface area (Å²) in [6.45, 7) is 15.2. The lowest BCUT2D eigenvalue weighted by molar-refractivity contribution is 0.498. The van der Waals surface area contributed by atoms with Crippen molar-refractivity contribution in [3.63, 3.8) is 0 Å². The molecule has 3 nitrogen and oxygen atoms in total. The number of hydrogen-bond acceptors (Lipinski definition) is 2. The van der Waals surface area contributed by atoms with E-state index in [1.807, 2.05) is 16.9 Å². The summed E-state index contributed by atoms with van der Waals surface area (Å²) >= 11 is 0. The standard InChI is InChI=1S/C19H33N3/c1-7-10-11-18(9-3)21-19(14-16(5)15(4)8-2)22-17(6)12-13-20-22/h12-15,18,21H,5,7-11H2,1-4,6H3/b19-14-. The Morgan fingerprint density at radius 1 is 1.36 bits per heavy atom. The van der Waals surface area contributed by atoms with Crippen LogP contribution in [0, 0.1) is 12.8 Å². The Hall–Kier alpha value is -1.51. The Balaban J connectivity index is 2.99. The molecule has 2 atom stereocenters. The zero-order valence-electron chi connectivity index (χ0n) is 15.0. The van der Waals surface area contributed by atoms with E-state index < -0.39 is 0 Å². The average Bonchev–Trinajstić information content (AvgIpc) is 2.95. The first-order valence-corrected chi connectivity index (χ1v) is 8.71. The second-order valence-corrected chi connectivity index (χ2v) is 6.19. The van der Waals surface area contributed by atoms with E-state index in [2.05, 4.69) is 57.7 Å². The van der Waals surface area contributed by atoms with Crippen molar-refractivity contribution in [2.24, 2.45) is 5.92 Å². The summed E-state index contributed by atoms with van der Waals surface area (Å²) in [5.74, 6) is 1.54. The Kier molecular flexibility index (Phi) is 8.00. The van der Waals surface area contributed by atoms with Gasteiger partial charge in [-0.25, -0.2) is 4.68 Å². The Morgan fingerprint density at radius 3 is 2.59 bits per heavy atom. The molecular weight excluding hydrogens is 270 g/mol. The summed E-state index contributed by atoms with van der Waals surface area (Å²) in [4.78, 5) is 0. The SMILES string of the molecule is C=C(/C=C(/NC(CC)CCCC)n1nccc1C)C(C)CC. The predicted octanol–water partition coefficient (Wildman–Crippen LogP) is 5.15. The Morgan fingerprint density at radius 2 is 2.09 bits per heavy atom. The minimum Gasteiger partial charge on any atom is -0.367 e. The minimum absolute atomic E-state index is 0.486. The summed E-state index contributed by atoms with van der Waals surface area (Å²) in [6.07, 6.45) is 9.93. The third kappa shape index (κ3) is 5.36. The van der Waals surface area contributed by atoms with E-state index in [9.17, 15) is 0 Å². The molecule has 1 rings (SSSR count). The number of unbranched alkanes of at least 4 members (excludes halogenated alkanes) is 1. The van der Waals surface area contributed by atoms with Gasteiger partial charge in [-0.05, 0) is 49.8 Å². The molecule has 22 heavy (non-hydrogen) atoms. The zero-order valence-corrected chi connectivity index (χ0v) is 15.0. The second kappa shape index (κ2) is 9.50. The van der Waals surface area contributed by atoms with Crippen molar-refractivity contribution < 1.29 is 0 Å². The van der Waals surface area contributed by atoms with Crippen molar-refractivity contribution in [3.8, 4) is 0 Å². The van der Waals surface area contributed by atoms with Crippen molar-refractivity contribution in [1.29, 1.82) is 0 Å². The number of hydrogen-bond donors (Lipinski definition) is 1. The first-order chi connectivity index (χ1) is 10.5. The second-order valence-electron chi connectivity index (χ2n) is 6.19. The molecule has 0 aromatic carbocycles. The normalized spacial score (nSPS) is 14.7. The Labute approximate surface area is 136 Å². The van der Waals surface area contributed by atoms with E-state index in [4.69, 9.17) is 0 Å². The van der Waals surface area contributed by atoms with Crippen molar-refractivity contribution in [2.75, 3.05) is 0 Å². The highest BCUT2D eigenvalue weighted by atomic mass is 15.3. The summed E-state index contributed by atoms with van der Waals surface area (Å²) in [5.41, 5.74) is 2.30. The molecule has 0 aliphatic carbocycles. The van der Waals surface area contributed by atoms with Crippen LogP contribution in [0.15, 0.2) is 30.5 Å². The van der Waals surface area contributed by atoms with Crippen molar-refractivity contribution in [3.05, 3.63) is 36.2 Å². The van der Waals surface area contributed by atoms with Gasteiger partial charge in [0.25, 0.3) is 0 Å². The van der Waals surface area contributed by atoms with Crippen LogP contribution in [0.4, 0.5) is 0 Å². The molecule has 1 heterocycles. The Bertz CT molecular complexity index is 485. The number of nitrogens with zero attached hydrogens (tertiary/aromatic N) is 2. The molecule has 1 aromatic heterocycles. The van der Waals surface area contributed by atoms with E-state index in [0.717, 1.165) is 29.9 Å². The minimum atomic E-state index is 0.486. The van der Waals surface area contributed by atoms with Crippen LogP contribution in [-0.4, -0.2) is 15.8 Å². The molecule has 0 radical (unpaired) electrons. The van der Waals surface area contributed by atoms with Crippen molar-refractivity contribution >= 4 is 5.82 Å². The summed E-state index contributed by atoms with van der Waals surface area (Å²) in [6, 6.07) is 2.52. The summed E-state index contributed by atoms with van der Waals surface area (Å²) < 4.78 is 1.99. The quantitative estimate of drug-likeness (QED) is 0.606. The van der Waals surface area contributed by atoms with Gasteiger partial charge in [0.15, 0.2) is 0 Å². The third-order valence-electron chi connectivity index (χ3n) is 4.38. The molecule has 1 N–H and O–H groups in total. The fraction of sp³-hybridized carbons (Fsp3) is 0.632. The van der Waals surface area contributed by atoms with Gasteiger partial charge in [0.05, 0.1) is 0 Å². The maximum absolute atomic E-state index is 4.47. The molecule has 0 aliphatic rings. The number of aryl methyl sites for hydroxylation is 1. The lowest BCUT2D eigenvalue weighted by atomic mass is 9.99. The third-order valence-corrected chi connectivity index (χ3v) is 4.38. The van der Waals surface area contributed by atoms with E-state index in [1.54, 1.807) is 0 Å². The van der Waals surface area contributed by atoms with E-state index in [1.165, 1.54) is 19.3 Å². The first kappa shape index (κ1) is 18.5. The molecule has 3 heteroatoms. The predicted molar refractivity (Wildman–Crippen MR) is 96.6 cm³/mol. The van der Waals surface area contributed by atoms with Crippen LogP contribution in [0.2, 0.25) is 0 Å². The summed E-state index contributed by atoms with van der Waals surface area (Å²) in [7, 11) is 0. The number of aromatic nitrogens is 2. The van der Waals surface area contributed by atoms with Crippen LogP contribution in [-0.2, 0) is 0 Å². The van der Waals surface area contributed by atoms with Gasteiger partial charge in [0, 0.05) is 17.9 Å². The molecule has 0 amide bonds. The van der Waals surface area contributed by atoms with Gasteiger partial charge in [-0.3, -0.25) is 0 Å². The monoisotopic (exact) mass is 303 g/mol. The van der Waals surface area contributed by atoms with Gasteiger partial charge >= 0.3 is 0 Å². The highest BCUT2D eigenvalue weighted by Crippen LogP contribution is 2.18.